The Morgan fingerprint density at radius 2 is 2.28 bits per heavy atom. The Morgan fingerprint density at radius 3 is 2.93 bits per heavy atom. The lowest BCUT2D eigenvalue weighted by Gasteiger charge is -2.21. The van der Waals surface area contributed by atoms with Gasteiger partial charge >= 0.3 is 11.7 Å². The molecule has 1 fully saturated rings. The second kappa shape index (κ2) is 9.05. The first kappa shape index (κ1) is 21.5. The molecule has 4 unspecified atom stereocenters. The number of carbonyl (C=O) groups is 1. The van der Waals surface area contributed by atoms with Crippen LogP contribution in [0.2, 0.25) is 0 Å². The van der Waals surface area contributed by atoms with Crippen LogP contribution in [0.15, 0.2) is 43.9 Å². The number of allylic oxidation sites excluding steroid dienone is 1. The number of H-pyrrole nitrogens is 1. The van der Waals surface area contributed by atoms with Crippen molar-refractivity contribution in [3.05, 3.63) is 60.7 Å². The Kier molecular flexibility index (Phi) is 6.70. The number of hydrogen-bond donors (Lipinski definition) is 2. The van der Waals surface area contributed by atoms with Gasteiger partial charge in [0.2, 0.25) is 0 Å². The second-order valence-electron chi connectivity index (χ2n) is 6.51. The Labute approximate surface area is 178 Å². The first-order chi connectivity index (χ1) is 13.8. The van der Waals surface area contributed by atoms with Crippen molar-refractivity contribution in [2.75, 3.05) is 13.7 Å². The van der Waals surface area contributed by atoms with E-state index in [9.17, 15) is 19.5 Å². The number of carbonyl (C=O) groups excluding carboxylic acids is 1. The number of halogens is 2. The Morgan fingerprint density at radius 1 is 1.52 bits per heavy atom. The van der Waals surface area contributed by atoms with Gasteiger partial charge in [-0.2, -0.15) is 0 Å². The molecule has 29 heavy (non-hydrogen) atoms. The van der Waals surface area contributed by atoms with Crippen LogP contribution in [-0.2, 0) is 14.3 Å². The number of aromatic nitrogens is 2. The largest absolute Gasteiger partial charge is 0.453 e. The maximum Gasteiger partial charge on any atom is 0.336 e. The van der Waals surface area contributed by atoms with E-state index < -0.39 is 48.4 Å². The van der Waals surface area contributed by atoms with E-state index in [0.717, 1.165) is 10.8 Å². The van der Waals surface area contributed by atoms with Crippen LogP contribution < -0.4 is 11.2 Å². The smallest absolute Gasteiger partial charge is 0.336 e. The van der Waals surface area contributed by atoms with Crippen molar-refractivity contribution in [3.8, 4) is 0 Å². The molecule has 2 aliphatic rings. The third kappa shape index (κ3) is 4.51. The summed E-state index contributed by atoms with van der Waals surface area (Å²) in [5, 5.41) is 9.56. The Hall–Kier alpha value is -2.25. The molecule has 1 aromatic heterocycles. The molecule has 0 radical (unpaired) electrons. The molecule has 4 atom stereocenters. The summed E-state index contributed by atoms with van der Waals surface area (Å²) in [4.78, 5) is 40.2. The number of nitrogens with zero attached hydrogens (tertiary/aromatic N) is 2. The van der Waals surface area contributed by atoms with Crippen molar-refractivity contribution in [2.24, 2.45) is 0 Å². The summed E-state index contributed by atoms with van der Waals surface area (Å²) in [5.41, 5.74) is -1.06. The number of hydrogen-bond acceptors (Lipinski definition) is 7. The van der Waals surface area contributed by atoms with Crippen LogP contribution in [0, 0.1) is 0 Å². The van der Waals surface area contributed by atoms with Gasteiger partial charge in [-0.25, -0.2) is 14.0 Å². The number of aliphatic hydroxyl groups is 1. The molecular formula is C18H19FIN3O6. The van der Waals surface area contributed by atoms with E-state index in [1.807, 2.05) is 22.6 Å². The van der Waals surface area contributed by atoms with Crippen molar-refractivity contribution in [1.29, 1.82) is 0 Å². The maximum absolute atomic E-state index is 15.1. The van der Waals surface area contributed by atoms with Gasteiger partial charge in [0.25, 0.3) is 5.56 Å². The summed E-state index contributed by atoms with van der Waals surface area (Å²) in [7, 11) is 1.73. The maximum atomic E-state index is 15.1. The lowest BCUT2D eigenvalue weighted by Crippen LogP contribution is -2.38. The third-order valence-corrected chi connectivity index (χ3v) is 4.86. The number of esters is 1. The predicted octanol–water partition coefficient (Wildman–Crippen LogP) is 0.815. The highest BCUT2D eigenvalue weighted by Crippen LogP contribution is 2.33. The number of rotatable bonds is 5. The minimum absolute atomic E-state index is 0.123. The molecule has 9 nitrogen and oxygen atoms in total. The van der Waals surface area contributed by atoms with Crippen LogP contribution >= 0.6 is 22.6 Å². The molecule has 0 aliphatic carbocycles. The molecule has 2 aliphatic heterocycles. The third-order valence-electron chi connectivity index (χ3n) is 4.50. The van der Waals surface area contributed by atoms with Crippen LogP contribution in [0.5, 0.6) is 0 Å². The van der Waals surface area contributed by atoms with E-state index in [1.54, 1.807) is 34.5 Å². The van der Waals surface area contributed by atoms with Gasteiger partial charge in [-0.1, -0.05) is 28.7 Å². The van der Waals surface area contributed by atoms with Crippen LogP contribution in [0.3, 0.4) is 0 Å². The number of alkyl halides is 1. The van der Waals surface area contributed by atoms with Crippen molar-refractivity contribution in [2.45, 2.75) is 31.0 Å². The van der Waals surface area contributed by atoms with Gasteiger partial charge in [0.1, 0.15) is 6.10 Å². The molecule has 1 saturated heterocycles. The molecule has 0 aromatic carbocycles. The lowest BCUT2D eigenvalue weighted by molar-refractivity contribution is -0.150. The molecule has 3 heterocycles. The number of aliphatic hydroxyl groups excluding tert-OH is 1. The predicted molar refractivity (Wildman–Crippen MR) is 110 cm³/mol. The van der Waals surface area contributed by atoms with Gasteiger partial charge in [0.05, 0.1) is 17.7 Å². The van der Waals surface area contributed by atoms with Gasteiger partial charge in [-0.15, -0.1) is 0 Å². The molecular weight excluding hydrogens is 500 g/mol. The quantitative estimate of drug-likeness (QED) is 0.438. The second-order valence-corrected chi connectivity index (χ2v) is 7.23. The zero-order chi connectivity index (χ0) is 21.1. The minimum Gasteiger partial charge on any atom is -0.453 e. The summed E-state index contributed by atoms with van der Waals surface area (Å²) < 4.78 is 28.3. The SMILES string of the molecule is CN1C=CCC(C(=O)OC2C(CO)OC(n3cc(/C=C/I)c(=O)[nH]c3=O)C2F)=C1. The molecule has 0 saturated carbocycles. The van der Waals surface area contributed by atoms with Crippen LogP contribution in [0.25, 0.3) is 6.08 Å². The molecule has 11 heteroatoms. The van der Waals surface area contributed by atoms with Gasteiger partial charge in [-0.3, -0.25) is 14.3 Å². The first-order valence-corrected chi connectivity index (χ1v) is 9.93. The highest BCUT2D eigenvalue weighted by Gasteiger charge is 2.49. The van der Waals surface area contributed by atoms with Crippen LogP contribution in [-0.4, -0.2) is 57.6 Å². The molecule has 2 N–H and O–H groups in total. The molecule has 0 amide bonds. The van der Waals surface area contributed by atoms with E-state index in [-0.39, 0.29) is 5.56 Å². The van der Waals surface area contributed by atoms with Crippen molar-refractivity contribution in [1.82, 2.24) is 14.5 Å². The van der Waals surface area contributed by atoms with E-state index in [4.69, 9.17) is 9.47 Å². The summed E-state index contributed by atoms with van der Waals surface area (Å²) in [5.74, 6) is -0.737. The highest BCUT2D eigenvalue weighted by molar-refractivity contribution is 14.1. The molecule has 156 valence electrons. The van der Waals surface area contributed by atoms with Gasteiger partial charge in [0.15, 0.2) is 18.5 Å². The summed E-state index contributed by atoms with van der Waals surface area (Å²) in [6.07, 6.45) is 2.02. The number of aromatic amines is 1. The number of ether oxygens (including phenoxy) is 2. The first-order valence-electron chi connectivity index (χ1n) is 8.68. The van der Waals surface area contributed by atoms with Gasteiger partial charge < -0.3 is 19.5 Å². The average Bonchev–Trinajstić information content (AvgIpc) is 2.99. The van der Waals surface area contributed by atoms with Crippen molar-refractivity contribution in [3.63, 3.8) is 0 Å². The Balaban J connectivity index is 1.86. The zero-order valence-electron chi connectivity index (χ0n) is 15.3. The van der Waals surface area contributed by atoms with E-state index in [0.29, 0.717) is 12.0 Å². The van der Waals surface area contributed by atoms with Crippen molar-refractivity contribution >= 4 is 34.6 Å². The fourth-order valence-electron chi connectivity index (χ4n) is 3.11. The minimum atomic E-state index is -1.94. The topological polar surface area (TPSA) is 114 Å². The van der Waals surface area contributed by atoms with Crippen LogP contribution in [0.4, 0.5) is 4.39 Å². The standard InChI is InChI=1S/C18H19FIN3O6/c1-22-6-2-3-11(7-22)17(26)29-14-12(9-24)28-16(13(14)19)23-8-10(4-5-20)15(25)21-18(23)27/h2,4-8,12-14,16,24H,3,9H2,1H3,(H,21,25,27)/b5-4+. The highest BCUT2D eigenvalue weighted by atomic mass is 127. The van der Waals surface area contributed by atoms with Crippen LogP contribution in [0.1, 0.15) is 18.2 Å². The van der Waals surface area contributed by atoms with Gasteiger partial charge in [-0.05, 0) is 16.4 Å². The van der Waals surface area contributed by atoms with E-state index >= 15 is 4.39 Å². The van der Waals surface area contributed by atoms with E-state index in [1.165, 1.54) is 6.08 Å². The summed E-state index contributed by atoms with van der Waals surface area (Å²) >= 11 is 1.90. The lowest BCUT2D eigenvalue weighted by atomic mass is 10.1. The zero-order valence-corrected chi connectivity index (χ0v) is 17.5. The van der Waals surface area contributed by atoms with Gasteiger partial charge in [0, 0.05) is 25.9 Å². The number of nitrogens with one attached hydrogen (secondary N) is 1. The molecule has 0 bridgehead atoms. The molecule has 0 spiro atoms. The molecule has 3 rings (SSSR count). The van der Waals surface area contributed by atoms with Crippen molar-refractivity contribution < 1.29 is 23.8 Å². The summed E-state index contributed by atoms with van der Waals surface area (Å²) in [6, 6.07) is 0. The van der Waals surface area contributed by atoms with E-state index in [2.05, 4.69) is 4.98 Å². The Bertz CT molecular complexity index is 985. The summed E-state index contributed by atoms with van der Waals surface area (Å²) in [6.45, 7) is -0.619. The fourth-order valence-corrected chi connectivity index (χ4v) is 3.49. The molecule has 1 aromatic rings. The fraction of sp³-hybridized carbons (Fsp3) is 0.389. The monoisotopic (exact) mass is 519 g/mol. The normalized spacial score (nSPS) is 26.8. The average molecular weight is 519 g/mol.